The highest BCUT2D eigenvalue weighted by Gasteiger charge is 2.67. The molecule has 176 valence electrons. The maximum Gasteiger partial charge on any atom is 0.433 e. The molecule has 2 fully saturated rings. The van der Waals surface area contributed by atoms with Crippen molar-refractivity contribution in [2.24, 2.45) is 11.3 Å². The highest BCUT2D eigenvalue weighted by Crippen LogP contribution is 2.60. The van der Waals surface area contributed by atoms with Gasteiger partial charge in [0.2, 0.25) is 11.8 Å². The number of amides is 2. The van der Waals surface area contributed by atoms with Crippen molar-refractivity contribution in [1.82, 2.24) is 15.8 Å². The van der Waals surface area contributed by atoms with Gasteiger partial charge in [-0.05, 0) is 42.7 Å². The van der Waals surface area contributed by atoms with E-state index in [0.29, 0.717) is 29.5 Å². The quantitative estimate of drug-likeness (QED) is 0.387. The maximum absolute atomic E-state index is 13.3. The average Bonchev–Trinajstić information content (AvgIpc) is 3.47. The molecule has 0 radical (unpaired) electrons. The first-order valence-corrected chi connectivity index (χ1v) is 10.6. The standard InChI is InChI=1S/C24H20F3N3O4/c25-24(26,27)20-9-14(16-3-1-2-4-18(16)28-20)12-34-15-7-5-13(6-8-15)19-11-23(22(32)29-19)10-17(23)21(31)30-33/h1-9,17,19,33H,10-12H2,(H,29,32)(H,30,31)/t17-,19?,23-/m1/s1. The molecule has 1 saturated heterocycles. The number of ether oxygens (including phenoxy) is 1. The van der Waals surface area contributed by atoms with Crippen LogP contribution in [0.15, 0.2) is 54.6 Å². The minimum atomic E-state index is -4.57. The van der Waals surface area contributed by atoms with Crippen molar-refractivity contribution in [3.63, 3.8) is 0 Å². The summed E-state index contributed by atoms with van der Waals surface area (Å²) in [6.07, 6.45) is -3.74. The van der Waals surface area contributed by atoms with Crippen molar-refractivity contribution in [3.8, 4) is 5.75 Å². The van der Waals surface area contributed by atoms with Crippen LogP contribution in [0.1, 0.15) is 35.7 Å². The Hall–Kier alpha value is -3.66. The molecule has 2 heterocycles. The monoisotopic (exact) mass is 471 g/mol. The number of benzene rings is 2. The molecule has 1 spiro atoms. The molecule has 34 heavy (non-hydrogen) atoms. The number of aromatic nitrogens is 1. The van der Waals surface area contributed by atoms with Crippen molar-refractivity contribution in [1.29, 1.82) is 0 Å². The van der Waals surface area contributed by atoms with Gasteiger partial charge in [-0.3, -0.25) is 14.8 Å². The maximum atomic E-state index is 13.3. The van der Waals surface area contributed by atoms with Crippen LogP contribution in [0.3, 0.4) is 0 Å². The summed E-state index contributed by atoms with van der Waals surface area (Å²) in [5.74, 6) is -0.851. The fourth-order valence-electron chi connectivity index (χ4n) is 4.68. The summed E-state index contributed by atoms with van der Waals surface area (Å²) in [6.45, 7) is -0.0767. The zero-order chi connectivity index (χ0) is 24.1. The van der Waals surface area contributed by atoms with E-state index in [0.717, 1.165) is 11.6 Å². The molecule has 2 aliphatic rings. The molecule has 1 unspecified atom stereocenters. The van der Waals surface area contributed by atoms with E-state index in [1.54, 1.807) is 47.9 Å². The number of halogens is 3. The zero-order valence-corrected chi connectivity index (χ0v) is 17.7. The molecular weight excluding hydrogens is 451 g/mol. The third kappa shape index (κ3) is 3.83. The van der Waals surface area contributed by atoms with Crippen LogP contribution in [0.2, 0.25) is 0 Å². The van der Waals surface area contributed by atoms with Gasteiger partial charge in [0.05, 0.1) is 22.9 Å². The number of carbonyl (C=O) groups excluding carboxylic acids is 2. The van der Waals surface area contributed by atoms with Crippen LogP contribution in [0.5, 0.6) is 5.75 Å². The fraction of sp³-hybridized carbons (Fsp3) is 0.292. The first kappa shape index (κ1) is 22.1. The molecule has 1 saturated carbocycles. The first-order chi connectivity index (χ1) is 16.2. The second-order valence-electron chi connectivity index (χ2n) is 8.66. The number of para-hydroxylation sites is 1. The molecule has 7 nitrogen and oxygen atoms in total. The molecule has 2 aromatic carbocycles. The van der Waals surface area contributed by atoms with Gasteiger partial charge in [0.1, 0.15) is 18.1 Å². The Morgan fingerprint density at radius 1 is 1.18 bits per heavy atom. The number of alkyl halides is 3. The topological polar surface area (TPSA) is 101 Å². The summed E-state index contributed by atoms with van der Waals surface area (Å²) in [5, 5.41) is 12.3. The van der Waals surface area contributed by atoms with Gasteiger partial charge in [0, 0.05) is 10.9 Å². The number of hydrogen-bond donors (Lipinski definition) is 3. The Morgan fingerprint density at radius 3 is 2.62 bits per heavy atom. The normalized spacial score (nSPS) is 23.7. The number of rotatable bonds is 5. The SMILES string of the molecule is O=C(NO)[C@H]1C[C@@]12CC(c1ccc(OCc3cc(C(F)(F)F)nc4ccccc34)cc1)NC2=O. The van der Waals surface area contributed by atoms with Crippen LogP contribution >= 0.6 is 0 Å². The number of nitrogens with one attached hydrogen (secondary N) is 2. The lowest BCUT2D eigenvalue weighted by atomic mass is 9.95. The third-order valence-electron chi connectivity index (χ3n) is 6.60. The van der Waals surface area contributed by atoms with Crippen LogP contribution in [-0.2, 0) is 22.4 Å². The van der Waals surface area contributed by atoms with E-state index in [9.17, 15) is 22.8 Å². The number of carbonyl (C=O) groups is 2. The summed E-state index contributed by atoms with van der Waals surface area (Å²) < 4.78 is 45.5. The molecule has 1 aromatic heterocycles. The highest BCUT2D eigenvalue weighted by atomic mass is 19.4. The molecule has 2 amide bonds. The van der Waals surface area contributed by atoms with E-state index in [4.69, 9.17) is 9.94 Å². The second kappa shape index (κ2) is 7.98. The smallest absolute Gasteiger partial charge is 0.433 e. The predicted molar refractivity (Wildman–Crippen MR) is 113 cm³/mol. The number of hydrogen-bond acceptors (Lipinski definition) is 5. The van der Waals surface area contributed by atoms with Crippen molar-refractivity contribution in [2.45, 2.75) is 31.7 Å². The minimum Gasteiger partial charge on any atom is -0.489 e. The van der Waals surface area contributed by atoms with Gasteiger partial charge >= 0.3 is 6.18 Å². The Kier molecular flexibility index (Phi) is 5.20. The lowest BCUT2D eigenvalue weighted by Crippen LogP contribution is -2.28. The second-order valence-corrected chi connectivity index (χ2v) is 8.66. The van der Waals surface area contributed by atoms with Crippen LogP contribution in [0, 0.1) is 11.3 Å². The lowest BCUT2D eigenvalue weighted by Gasteiger charge is -2.14. The third-order valence-corrected chi connectivity index (χ3v) is 6.60. The largest absolute Gasteiger partial charge is 0.489 e. The molecule has 5 rings (SSSR count). The van der Waals surface area contributed by atoms with E-state index in [1.165, 1.54) is 6.07 Å². The van der Waals surface area contributed by atoms with Crippen molar-refractivity contribution < 1.29 is 32.7 Å². The molecule has 3 aromatic rings. The summed E-state index contributed by atoms with van der Waals surface area (Å²) in [4.78, 5) is 27.8. The summed E-state index contributed by atoms with van der Waals surface area (Å²) >= 11 is 0. The van der Waals surface area contributed by atoms with Crippen LogP contribution in [-0.4, -0.2) is 22.0 Å². The number of pyridine rings is 1. The van der Waals surface area contributed by atoms with Crippen LogP contribution < -0.4 is 15.5 Å². The fourth-order valence-corrected chi connectivity index (χ4v) is 4.68. The average molecular weight is 471 g/mol. The van der Waals surface area contributed by atoms with E-state index in [-0.39, 0.29) is 24.1 Å². The number of fused-ring (bicyclic) bond motifs is 1. The van der Waals surface area contributed by atoms with Gasteiger partial charge < -0.3 is 10.1 Å². The van der Waals surface area contributed by atoms with Gasteiger partial charge in [0.25, 0.3) is 0 Å². The molecule has 0 bridgehead atoms. The molecule has 1 aliphatic carbocycles. The number of nitrogens with zero attached hydrogens (tertiary/aromatic N) is 1. The zero-order valence-electron chi connectivity index (χ0n) is 17.7. The van der Waals surface area contributed by atoms with Crippen molar-refractivity contribution in [3.05, 3.63) is 71.4 Å². The van der Waals surface area contributed by atoms with Gasteiger partial charge in [-0.1, -0.05) is 30.3 Å². The molecule has 10 heteroatoms. The first-order valence-electron chi connectivity index (χ1n) is 10.6. The Morgan fingerprint density at radius 2 is 1.91 bits per heavy atom. The van der Waals surface area contributed by atoms with Crippen LogP contribution in [0.4, 0.5) is 13.2 Å². The Balaban J connectivity index is 1.29. The highest BCUT2D eigenvalue weighted by molar-refractivity contribution is 5.97. The van der Waals surface area contributed by atoms with E-state index in [1.807, 2.05) is 0 Å². The van der Waals surface area contributed by atoms with E-state index >= 15 is 0 Å². The van der Waals surface area contributed by atoms with Gasteiger partial charge in [-0.25, -0.2) is 10.5 Å². The Labute approximate surface area is 191 Å². The summed E-state index contributed by atoms with van der Waals surface area (Å²) in [5.41, 5.74) is 1.28. The van der Waals surface area contributed by atoms with Crippen LogP contribution in [0.25, 0.3) is 10.9 Å². The van der Waals surface area contributed by atoms with Crippen molar-refractivity contribution in [2.75, 3.05) is 0 Å². The lowest BCUT2D eigenvalue weighted by molar-refractivity contribution is -0.141. The van der Waals surface area contributed by atoms with Gasteiger partial charge in [-0.2, -0.15) is 13.2 Å². The van der Waals surface area contributed by atoms with Crippen molar-refractivity contribution >= 4 is 22.7 Å². The molecular formula is C24H20F3N3O4. The molecule has 1 aliphatic heterocycles. The molecule has 3 atom stereocenters. The number of hydroxylamine groups is 1. The Bertz CT molecular complexity index is 1280. The molecule has 3 N–H and O–H groups in total. The van der Waals surface area contributed by atoms with Gasteiger partial charge in [0.15, 0.2) is 0 Å². The predicted octanol–water partition coefficient (Wildman–Crippen LogP) is 3.91. The minimum absolute atomic E-state index is 0.0767. The van der Waals surface area contributed by atoms with E-state index in [2.05, 4.69) is 10.3 Å². The summed E-state index contributed by atoms with van der Waals surface area (Å²) in [6, 6.07) is 14.2. The summed E-state index contributed by atoms with van der Waals surface area (Å²) in [7, 11) is 0. The van der Waals surface area contributed by atoms with E-state index < -0.39 is 29.1 Å². The van der Waals surface area contributed by atoms with Gasteiger partial charge in [-0.15, -0.1) is 0 Å².